The normalized spacial score (nSPS) is 14.0. The number of hydrogen-bond acceptors (Lipinski definition) is 4. The van der Waals surface area contributed by atoms with Crippen LogP contribution in [0, 0.1) is 0 Å². The van der Waals surface area contributed by atoms with Gasteiger partial charge in [0, 0.05) is 43.3 Å². The molecule has 0 atom stereocenters. The third-order valence-corrected chi connectivity index (χ3v) is 4.04. The fourth-order valence-corrected chi connectivity index (χ4v) is 2.75. The first-order chi connectivity index (χ1) is 10.8. The number of piperazine rings is 1. The molecule has 7 heteroatoms. The summed E-state index contributed by atoms with van der Waals surface area (Å²) in [7, 11) is 0. The minimum absolute atomic E-state index is 0. The first-order valence-corrected chi connectivity index (χ1v) is 8.04. The zero-order valence-corrected chi connectivity index (χ0v) is 15.5. The first kappa shape index (κ1) is 20.6. The molecule has 2 aromatic rings. The summed E-state index contributed by atoms with van der Waals surface area (Å²) in [5.74, 6) is 0. The molecule has 5 nitrogen and oxygen atoms in total. The Bertz CT molecular complexity index is 700. The average Bonchev–Trinajstić information content (AvgIpc) is 2.57. The second-order valence-electron chi connectivity index (χ2n) is 5.63. The van der Waals surface area contributed by atoms with Gasteiger partial charge in [0.15, 0.2) is 0 Å². The lowest BCUT2D eigenvalue weighted by Crippen LogP contribution is -2.43. The van der Waals surface area contributed by atoms with E-state index in [1.54, 1.807) is 6.07 Å². The molecule has 0 unspecified atom stereocenters. The summed E-state index contributed by atoms with van der Waals surface area (Å²) in [5, 5.41) is 4.38. The van der Waals surface area contributed by atoms with Crippen molar-refractivity contribution in [2.24, 2.45) is 0 Å². The fourth-order valence-electron chi connectivity index (χ4n) is 2.75. The Labute approximate surface area is 154 Å². The van der Waals surface area contributed by atoms with Crippen molar-refractivity contribution >= 4 is 41.4 Å². The van der Waals surface area contributed by atoms with Crippen LogP contribution in [0.1, 0.15) is 19.8 Å². The maximum atomic E-state index is 12.1. The van der Waals surface area contributed by atoms with Crippen LogP contribution in [0.3, 0.4) is 0 Å². The van der Waals surface area contributed by atoms with Gasteiger partial charge >= 0.3 is 0 Å². The molecule has 1 fully saturated rings. The van der Waals surface area contributed by atoms with E-state index in [-0.39, 0.29) is 30.4 Å². The number of aromatic nitrogens is 1. The minimum Gasteiger partial charge on any atom is -0.410 e. The number of rotatable bonds is 5. The van der Waals surface area contributed by atoms with Gasteiger partial charge in [-0.1, -0.05) is 19.4 Å². The monoisotopic (exact) mass is 373 g/mol. The molecule has 0 saturated carbocycles. The molecular weight excluding hydrogens is 349 g/mol. The molecule has 1 aromatic carbocycles. The van der Waals surface area contributed by atoms with Gasteiger partial charge < -0.3 is 15.1 Å². The van der Waals surface area contributed by atoms with Gasteiger partial charge in [-0.2, -0.15) is 0 Å². The van der Waals surface area contributed by atoms with E-state index in [1.807, 2.05) is 6.07 Å². The van der Waals surface area contributed by atoms with Crippen molar-refractivity contribution < 1.29 is 4.84 Å². The zero-order valence-electron chi connectivity index (χ0n) is 13.9. The quantitative estimate of drug-likeness (QED) is 0.817. The first-order valence-electron chi connectivity index (χ1n) is 8.04. The van der Waals surface area contributed by atoms with E-state index in [9.17, 15) is 4.79 Å². The molecule has 1 aromatic heterocycles. The highest BCUT2D eigenvalue weighted by Crippen LogP contribution is 2.21. The van der Waals surface area contributed by atoms with E-state index in [0.29, 0.717) is 6.61 Å². The van der Waals surface area contributed by atoms with Crippen molar-refractivity contribution in [1.82, 2.24) is 10.0 Å². The third kappa shape index (κ3) is 4.56. The van der Waals surface area contributed by atoms with Crippen molar-refractivity contribution in [2.45, 2.75) is 19.8 Å². The molecular formula is C17H25Cl2N3O2. The molecule has 1 aliphatic rings. The maximum Gasteiger partial charge on any atom is 0.283 e. The van der Waals surface area contributed by atoms with Crippen molar-refractivity contribution in [3.05, 3.63) is 40.7 Å². The highest BCUT2D eigenvalue weighted by molar-refractivity contribution is 5.85. The van der Waals surface area contributed by atoms with Crippen LogP contribution in [0.5, 0.6) is 0 Å². The lowest BCUT2D eigenvalue weighted by atomic mass is 10.2. The van der Waals surface area contributed by atoms with E-state index in [1.165, 1.54) is 4.73 Å². The van der Waals surface area contributed by atoms with Crippen LogP contribution in [0.4, 0.5) is 5.69 Å². The Balaban J connectivity index is 0.00000144. The van der Waals surface area contributed by atoms with Crippen LogP contribution >= 0.6 is 24.8 Å². The molecule has 1 saturated heterocycles. The van der Waals surface area contributed by atoms with E-state index < -0.39 is 0 Å². The highest BCUT2D eigenvalue weighted by atomic mass is 35.5. The fraction of sp³-hybridized carbons (Fsp3) is 0.471. The second kappa shape index (κ2) is 9.77. The van der Waals surface area contributed by atoms with Crippen molar-refractivity contribution in [3.8, 4) is 0 Å². The average molecular weight is 374 g/mol. The van der Waals surface area contributed by atoms with Gasteiger partial charge in [0.05, 0.1) is 5.52 Å². The lowest BCUT2D eigenvalue weighted by Gasteiger charge is -2.29. The predicted octanol–water partition coefficient (Wildman–Crippen LogP) is 2.48. The molecule has 0 amide bonds. The molecule has 0 radical (unpaired) electrons. The molecule has 1 aliphatic heterocycles. The molecule has 3 rings (SSSR count). The van der Waals surface area contributed by atoms with E-state index >= 15 is 0 Å². The van der Waals surface area contributed by atoms with E-state index in [0.717, 1.165) is 55.6 Å². The van der Waals surface area contributed by atoms with Gasteiger partial charge in [-0.3, -0.25) is 4.79 Å². The third-order valence-electron chi connectivity index (χ3n) is 4.04. The summed E-state index contributed by atoms with van der Waals surface area (Å²) in [5.41, 5.74) is 1.88. The number of nitrogens with zero attached hydrogens (tertiary/aromatic N) is 2. The van der Waals surface area contributed by atoms with Crippen LogP contribution in [0.2, 0.25) is 0 Å². The summed E-state index contributed by atoms with van der Waals surface area (Å²) in [6.07, 6.45) is 1.99. The van der Waals surface area contributed by atoms with Crippen LogP contribution < -0.4 is 20.6 Å². The van der Waals surface area contributed by atoms with Crippen LogP contribution in [0.15, 0.2) is 35.1 Å². The van der Waals surface area contributed by atoms with Gasteiger partial charge in [-0.15, -0.1) is 29.5 Å². The van der Waals surface area contributed by atoms with Crippen molar-refractivity contribution in [2.75, 3.05) is 37.7 Å². The van der Waals surface area contributed by atoms with Gasteiger partial charge in [-0.05, 0) is 24.6 Å². The number of nitrogens with one attached hydrogen (secondary N) is 1. The summed E-state index contributed by atoms with van der Waals surface area (Å²) in [6, 6.07) is 9.67. The Kier molecular flexibility index (Phi) is 8.39. The highest BCUT2D eigenvalue weighted by Gasteiger charge is 2.12. The maximum absolute atomic E-state index is 12.1. The van der Waals surface area contributed by atoms with Gasteiger partial charge in [0.25, 0.3) is 5.56 Å². The van der Waals surface area contributed by atoms with Crippen LogP contribution in [-0.2, 0) is 0 Å². The standard InChI is InChI=1S/C17H23N3O2.2ClH/c1-2-3-12-22-20-16-13-15(19-10-8-18-9-11-19)6-4-14(16)5-7-17(20)21;;/h4-7,13,18H,2-3,8-12H2,1H3;2*1H. The second-order valence-corrected chi connectivity index (χ2v) is 5.63. The summed E-state index contributed by atoms with van der Waals surface area (Å²) in [4.78, 5) is 20.2. The molecule has 24 heavy (non-hydrogen) atoms. The topological polar surface area (TPSA) is 46.5 Å². The Morgan fingerprint density at radius 1 is 1.12 bits per heavy atom. The van der Waals surface area contributed by atoms with Gasteiger partial charge in [0.2, 0.25) is 0 Å². The van der Waals surface area contributed by atoms with Crippen LogP contribution in [0.25, 0.3) is 10.9 Å². The number of halogens is 2. The predicted molar refractivity (Wildman–Crippen MR) is 104 cm³/mol. The zero-order chi connectivity index (χ0) is 15.4. The Morgan fingerprint density at radius 3 is 2.54 bits per heavy atom. The van der Waals surface area contributed by atoms with Crippen LogP contribution in [-0.4, -0.2) is 37.5 Å². The number of hydrogen-bond donors (Lipinski definition) is 1. The lowest BCUT2D eigenvalue weighted by molar-refractivity contribution is 0.109. The SMILES string of the molecule is CCCCOn1c(=O)ccc2ccc(N3CCNCC3)cc21.Cl.Cl. The number of pyridine rings is 1. The number of unbranched alkanes of at least 4 members (excludes halogenated alkanes) is 1. The minimum atomic E-state index is -0.110. The van der Waals surface area contributed by atoms with Crippen molar-refractivity contribution in [3.63, 3.8) is 0 Å². The number of fused-ring (bicyclic) bond motifs is 1. The van der Waals surface area contributed by atoms with E-state index in [2.05, 4.69) is 35.3 Å². The Hall–Kier alpha value is -1.43. The summed E-state index contributed by atoms with van der Waals surface area (Å²) in [6.45, 7) is 6.63. The molecule has 0 bridgehead atoms. The number of benzene rings is 1. The van der Waals surface area contributed by atoms with Gasteiger partial charge in [-0.25, -0.2) is 0 Å². The largest absolute Gasteiger partial charge is 0.410 e. The molecule has 1 N–H and O–H groups in total. The van der Waals surface area contributed by atoms with Gasteiger partial charge in [0.1, 0.15) is 6.61 Å². The van der Waals surface area contributed by atoms with Crippen molar-refractivity contribution in [1.29, 1.82) is 0 Å². The smallest absolute Gasteiger partial charge is 0.283 e. The molecule has 0 spiro atoms. The molecule has 134 valence electrons. The summed E-state index contributed by atoms with van der Waals surface area (Å²) >= 11 is 0. The molecule has 2 heterocycles. The summed E-state index contributed by atoms with van der Waals surface area (Å²) < 4.78 is 1.44. The number of anilines is 1. The van der Waals surface area contributed by atoms with E-state index in [4.69, 9.17) is 4.84 Å². The molecule has 0 aliphatic carbocycles. The Morgan fingerprint density at radius 2 is 1.83 bits per heavy atom.